The van der Waals surface area contributed by atoms with Crippen LogP contribution < -0.4 is 5.32 Å². The van der Waals surface area contributed by atoms with Crippen LogP contribution in [0.4, 0.5) is 4.79 Å². The number of carboxylic acids is 1. The standard InChI is InChI=1S/C12H17N3O4S/c1-6-4-13-10(20-6)7(2)14-12(19)15-5-8(16)3-9(15)11(17)18/h4,7-9,16H,3,5H2,1-2H3,(H,14,19)(H,17,18)/t7?,8-,9-/m0/s1. The molecule has 3 atom stereocenters. The molecule has 0 spiro atoms. The number of nitrogens with zero attached hydrogens (tertiary/aromatic N) is 2. The number of aliphatic hydroxyl groups excluding tert-OH is 1. The first kappa shape index (κ1) is 14.7. The van der Waals surface area contributed by atoms with Crippen molar-refractivity contribution in [2.75, 3.05) is 6.54 Å². The van der Waals surface area contributed by atoms with Gasteiger partial charge in [0.05, 0.1) is 12.1 Å². The summed E-state index contributed by atoms with van der Waals surface area (Å²) in [7, 11) is 0. The summed E-state index contributed by atoms with van der Waals surface area (Å²) in [5.41, 5.74) is 0. The molecule has 8 heteroatoms. The van der Waals surface area contributed by atoms with Crippen molar-refractivity contribution in [3.8, 4) is 0 Å². The molecule has 1 aliphatic rings. The van der Waals surface area contributed by atoms with Gasteiger partial charge in [0.2, 0.25) is 0 Å². The number of carbonyl (C=O) groups is 2. The number of aliphatic hydroxyl groups is 1. The molecule has 0 aromatic carbocycles. The fraction of sp³-hybridized carbons (Fsp3) is 0.583. The first-order chi connectivity index (χ1) is 9.38. The molecule has 20 heavy (non-hydrogen) atoms. The maximum atomic E-state index is 12.1. The molecule has 1 unspecified atom stereocenters. The minimum absolute atomic E-state index is 0.0341. The van der Waals surface area contributed by atoms with Gasteiger partial charge in [0, 0.05) is 24.0 Å². The highest BCUT2D eigenvalue weighted by Crippen LogP contribution is 2.22. The summed E-state index contributed by atoms with van der Waals surface area (Å²) < 4.78 is 0. The molecule has 0 aliphatic carbocycles. The maximum Gasteiger partial charge on any atom is 0.326 e. The zero-order chi connectivity index (χ0) is 14.9. The number of aromatic nitrogens is 1. The van der Waals surface area contributed by atoms with E-state index in [9.17, 15) is 14.7 Å². The lowest BCUT2D eigenvalue weighted by Crippen LogP contribution is -2.46. The molecule has 1 aliphatic heterocycles. The topological polar surface area (TPSA) is 103 Å². The Morgan fingerprint density at radius 3 is 2.85 bits per heavy atom. The van der Waals surface area contributed by atoms with Gasteiger partial charge in [-0.1, -0.05) is 0 Å². The van der Waals surface area contributed by atoms with Gasteiger partial charge in [0.25, 0.3) is 0 Å². The number of thiazole rings is 1. The Kier molecular flexibility index (Phi) is 4.24. The van der Waals surface area contributed by atoms with Crippen molar-refractivity contribution in [2.24, 2.45) is 0 Å². The SMILES string of the molecule is Cc1cnc(C(C)NC(=O)N2C[C@@H](O)C[C@H]2C(=O)O)s1. The summed E-state index contributed by atoms with van der Waals surface area (Å²) in [5.74, 6) is -1.10. The monoisotopic (exact) mass is 299 g/mol. The Morgan fingerprint density at radius 2 is 2.30 bits per heavy atom. The molecule has 1 saturated heterocycles. The molecule has 3 N–H and O–H groups in total. The average Bonchev–Trinajstić information content (AvgIpc) is 2.95. The number of rotatable bonds is 3. The van der Waals surface area contributed by atoms with Crippen molar-refractivity contribution in [1.29, 1.82) is 0 Å². The van der Waals surface area contributed by atoms with E-state index >= 15 is 0 Å². The molecular weight excluding hydrogens is 282 g/mol. The summed E-state index contributed by atoms with van der Waals surface area (Å²) in [6.07, 6.45) is 0.995. The van der Waals surface area contributed by atoms with Crippen LogP contribution in [0.25, 0.3) is 0 Å². The fourth-order valence-corrected chi connectivity index (χ4v) is 2.95. The van der Waals surface area contributed by atoms with Crippen LogP contribution in [0, 0.1) is 6.92 Å². The van der Waals surface area contributed by atoms with E-state index in [0.29, 0.717) is 0 Å². The zero-order valence-electron chi connectivity index (χ0n) is 11.2. The van der Waals surface area contributed by atoms with Gasteiger partial charge < -0.3 is 20.4 Å². The molecule has 1 aromatic rings. The minimum Gasteiger partial charge on any atom is -0.480 e. The van der Waals surface area contributed by atoms with E-state index in [1.807, 2.05) is 6.92 Å². The Hall–Kier alpha value is -1.67. The highest BCUT2D eigenvalue weighted by atomic mass is 32.1. The van der Waals surface area contributed by atoms with Gasteiger partial charge in [-0.15, -0.1) is 11.3 Å². The Labute approximate surface area is 120 Å². The third kappa shape index (κ3) is 3.07. The summed E-state index contributed by atoms with van der Waals surface area (Å²) in [6.45, 7) is 3.75. The number of carbonyl (C=O) groups excluding carboxylic acids is 1. The second-order valence-corrected chi connectivity index (χ2v) is 6.14. The van der Waals surface area contributed by atoms with Crippen molar-refractivity contribution in [1.82, 2.24) is 15.2 Å². The number of urea groups is 1. The molecule has 0 saturated carbocycles. The first-order valence-corrected chi connectivity index (χ1v) is 7.10. The average molecular weight is 299 g/mol. The van der Waals surface area contributed by atoms with E-state index in [0.717, 1.165) is 14.8 Å². The van der Waals surface area contributed by atoms with Crippen LogP contribution in [0.1, 0.15) is 29.3 Å². The van der Waals surface area contributed by atoms with Crippen molar-refractivity contribution in [3.05, 3.63) is 16.1 Å². The molecule has 1 fully saturated rings. The molecular formula is C12H17N3O4S. The van der Waals surface area contributed by atoms with Gasteiger partial charge in [0.15, 0.2) is 0 Å². The second-order valence-electron chi connectivity index (χ2n) is 4.88. The van der Waals surface area contributed by atoms with Gasteiger partial charge in [-0.05, 0) is 13.8 Å². The number of aryl methyl sites for hydroxylation is 1. The number of β-amino-alcohol motifs (C(OH)–C–C–N with tert-alkyl or cyclic N) is 1. The van der Waals surface area contributed by atoms with Gasteiger partial charge in [-0.2, -0.15) is 0 Å². The molecule has 0 bridgehead atoms. The van der Waals surface area contributed by atoms with E-state index in [2.05, 4.69) is 10.3 Å². The first-order valence-electron chi connectivity index (χ1n) is 6.28. The van der Waals surface area contributed by atoms with Gasteiger partial charge in [-0.25, -0.2) is 14.6 Å². The Morgan fingerprint density at radius 1 is 1.60 bits per heavy atom. The van der Waals surface area contributed by atoms with E-state index in [-0.39, 0.29) is 19.0 Å². The molecule has 2 rings (SSSR count). The number of hydrogen-bond donors (Lipinski definition) is 3. The number of amides is 2. The zero-order valence-corrected chi connectivity index (χ0v) is 12.1. The number of likely N-dealkylation sites (tertiary alicyclic amines) is 1. The van der Waals surface area contributed by atoms with Gasteiger partial charge in [0.1, 0.15) is 11.0 Å². The van der Waals surface area contributed by atoms with Crippen LogP contribution in [-0.4, -0.2) is 50.8 Å². The van der Waals surface area contributed by atoms with E-state index < -0.39 is 24.1 Å². The van der Waals surface area contributed by atoms with Crippen molar-refractivity contribution < 1.29 is 19.8 Å². The molecule has 1 aromatic heterocycles. The molecule has 0 radical (unpaired) electrons. The number of hydrogen-bond acceptors (Lipinski definition) is 5. The maximum absolute atomic E-state index is 12.1. The highest BCUT2D eigenvalue weighted by molar-refractivity contribution is 7.11. The number of aliphatic carboxylic acids is 1. The van der Waals surface area contributed by atoms with Crippen LogP contribution in [0.2, 0.25) is 0 Å². The van der Waals surface area contributed by atoms with E-state index in [1.165, 1.54) is 11.3 Å². The lowest BCUT2D eigenvalue weighted by Gasteiger charge is -2.23. The number of nitrogens with one attached hydrogen (secondary N) is 1. The summed E-state index contributed by atoms with van der Waals surface area (Å²) in [6, 6.07) is -1.77. The minimum atomic E-state index is -1.10. The third-order valence-corrected chi connectivity index (χ3v) is 4.27. The lowest BCUT2D eigenvalue weighted by molar-refractivity contribution is -0.141. The Bertz CT molecular complexity index is 519. The largest absolute Gasteiger partial charge is 0.480 e. The van der Waals surface area contributed by atoms with Crippen molar-refractivity contribution in [3.63, 3.8) is 0 Å². The van der Waals surface area contributed by atoms with E-state index in [4.69, 9.17) is 5.11 Å². The predicted octanol–water partition coefficient (Wildman–Crippen LogP) is 0.742. The van der Waals surface area contributed by atoms with Crippen LogP contribution in [0.5, 0.6) is 0 Å². The summed E-state index contributed by atoms with van der Waals surface area (Å²) >= 11 is 1.48. The Balaban J connectivity index is 2.02. The molecule has 2 heterocycles. The fourth-order valence-electron chi connectivity index (χ4n) is 2.17. The van der Waals surface area contributed by atoms with Crippen LogP contribution in [0.3, 0.4) is 0 Å². The quantitative estimate of drug-likeness (QED) is 0.764. The highest BCUT2D eigenvalue weighted by Gasteiger charge is 2.39. The van der Waals surface area contributed by atoms with Crippen molar-refractivity contribution >= 4 is 23.3 Å². The van der Waals surface area contributed by atoms with Crippen LogP contribution in [-0.2, 0) is 4.79 Å². The summed E-state index contributed by atoms with van der Waals surface area (Å²) in [5, 5.41) is 22.1. The van der Waals surface area contributed by atoms with Crippen LogP contribution >= 0.6 is 11.3 Å². The second kappa shape index (κ2) is 5.76. The summed E-state index contributed by atoms with van der Waals surface area (Å²) in [4.78, 5) is 29.6. The number of carboxylic acid groups (broad SMARTS) is 1. The van der Waals surface area contributed by atoms with Crippen LogP contribution in [0.15, 0.2) is 6.20 Å². The van der Waals surface area contributed by atoms with Crippen molar-refractivity contribution in [2.45, 2.75) is 38.5 Å². The van der Waals surface area contributed by atoms with E-state index in [1.54, 1.807) is 13.1 Å². The molecule has 7 nitrogen and oxygen atoms in total. The third-order valence-electron chi connectivity index (χ3n) is 3.17. The van der Waals surface area contributed by atoms with Gasteiger partial charge >= 0.3 is 12.0 Å². The molecule has 2 amide bonds. The van der Waals surface area contributed by atoms with Gasteiger partial charge in [-0.3, -0.25) is 0 Å². The normalized spacial score (nSPS) is 23.6. The smallest absolute Gasteiger partial charge is 0.326 e. The lowest BCUT2D eigenvalue weighted by atomic mass is 10.2. The molecule has 110 valence electrons. The predicted molar refractivity (Wildman–Crippen MR) is 72.6 cm³/mol.